The van der Waals surface area contributed by atoms with Crippen molar-refractivity contribution in [2.75, 3.05) is 0 Å². The summed E-state index contributed by atoms with van der Waals surface area (Å²) in [5, 5.41) is 0. The van der Waals surface area contributed by atoms with E-state index >= 15 is 0 Å². The summed E-state index contributed by atoms with van der Waals surface area (Å²) >= 11 is 0.790. The maximum absolute atomic E-state index is 13.5. The highest BCUT2D eigenvalue weighted by molar-refractivity contribution is 7.99. The average molecular weight is 319 g/mol. The van der Waals surface area contributed by atoms with Gasteiger partial charge in [-0.05, 0) is 29.8 Å². The number of rotatable bonds is 3. The van der Waals surface area contributed by atoms with Crippen LogP contribution in [-0.4, -0.2) is 0 Å². The number of nitrogens with two attached hydrogens (primary N) is 1. The Bertz CT molecular complexity index is 654. The molecule has 0 saturated carbocycles. The molecule has 0 atom stereocenters. The molecule has 2 rings (SSSR count). The molecule has 0 aromatic heterocycles. The molecule has 7 heteroatoms. The molecule has 0 radical (unpaired) electrons. The van der Waals surface area contributed by atoms with Crippen LogP contribution in [0.1, 0.15) is 11.1 Å². The lowest BCUT2D eigenvalue weighted by molar-refractivity contribution is -0.138. The van der Waals surface area contributed by atoms with Gasteiger partial charge in [0.05, 0.1) is 5.56 Å². The third-order valence-electron chi connectivity index (χ3n) is 2.73. The van der Waals surface area contributed by atoms with Crippen LogP contribution in [0.15, 0.2) is 46.2 Å². The molecule has 0 spiro atoms. The Morgan fingerprint density at radius 2 is 1.71 bits per heavy atom. The predicted molar refractivity (Wildman–Crippen MR) is 69.8 cm³/mol. The van der Waals surface area contributed by atoms with Crippen molar-refractivity contribution in [2.24, 2.45) is 5.73 Å². The molecule has 0 unspecified atom stereocenters. The van der Waals surface area contributed by atoms with Crippen LogP contribution in [-0.2, 0) is 12.7 Å². The number of benzene rings is 2. The Kier molecular flexibility index (Phi) is 4.53. The van der Waals surface area contributed by atoms with E-state index in [1.54, 1.807) is 0 Å². The minimum absolute atomic E-state index is 0.0357. The first kappa shape index (κ1) is 15.8. The molecular formula is C14H10F5NS. The molecule has 1 nitrogen and oxygen atoms in total. The maximum atomic E-state index is 13.5. The van der Waals surface area contributed by atoms with Crippen LogP contribution in [0.3, 0.4) is 0 Å². The summed E-state index contributed by atoms with van der Waals surface area (Å²) in [5.74, 6) is -1.57. The van der Waals surface area contributed by atoms with Crippen molar-refractivity contribution >= 4 is 11.8 Å². The van der Waals surface area contributed by atoms with E-state index in [-0.39, 0.29) is 21.9 Å². The van der Waals surface area contributed by atoms with Crippen molar-refractivity contribution in [1.29, 1.82) is 0 Å². The number of hydrogen-bond acceptors (Lipinski definition) is 2. The van der Waals surface area contributed by atoms with Crippen LogP contribution < -0.4 is 5.73 Å². The smallest absolute Gasteiger partial charge is 0.326 e. The molecule has 0 fully saturated rings. The number of alkyl halides is 3. The van der Waals surface area contributed by atoms with Gasteiger partial charge in [0.25, 0.3) is 0 Å². The third kappa shape index (κ3) is 3.74. The van der Waals surface area contributed by atoms with Crippen molar-refractivity contribution in [1.82, 2.24) is 0 Å². The average Bonchev–Trinajstić information content (AvgIpc) is 2.41. The zero-order valence-electron chi connectivity index (χ0n) is 10.5. The second-order valence-electron chi connectivity index (χ2n) is 4.20. The van der Waals surface area contributed by atoms with Gasteiger partial charge in [-0.25, -0.2) is 8.78 Å². The Hall–Kier alpha value is -1.60. The van der Waals surface area contributed by atoms with Gasteiger partial charge < -0.3 is 5.73 Å². The van der Waals surface area contributed by atoms with E-state index in [1.807, 2.05) is 0 Å². The third-order valence-corrected chi connectivity index (χ3v) is 3.77. The first-order chi connectivity index (χ1) is 9.81. The van der Waals surface area contributed by atoms with E-state index in [0.29, 0.717) is 6.07 Å². The molecule has 2 aromatic carbocycles. The van der Waals surface area contributed by atoms with Crippen molar-refractivity contribution in [3.8, 4) is 0 Å². The molecule has 112 valence electrons. The highest BCUT2D eigenvalue weighted by Crippen LogP contribution is 2.37. The molecule has 0 aliphatic carbocycles. The minimum Gasteiger partial charge on any atom is -0.326 e. The van der Waals surface area contributed by atoms with E-state index in [0.717, 1.165) is 23.9 Å². The van der Waals surface area contributed by atoms with E-state index in [4.69, 9.17) is 5.73 Å². The number of hydrogen-bond donors (Lipinski definition) is 1. The van der Waals surface area contributed by atoms with Gasteiger partial charge in [-0.1, -0.05) is 17.8 Å². The highest BCUT2D eigenvalue weighted by Gasteiger charge is 2.33. The van der Waals surface area contributed by atoms with Gasteiger partial charge in [0.1, 0.15) is 11.6 Å². The SMILES string of the molecule is NCc1ccc(Sc2ccc(F)cc2F)cc1C(F)(F)F. The quantitative estimate of drug-likeness (QED) is 0.837. The molecular weight excluding hydrogens is 309 g/mol. The topological polar surface area (TPSA) is 26.0 Å². The summed E-state index contributed by atoms with van der Waals surface area (Å²) in [4.78, 5) is 0.245. The maximum Gasteiger partial charge on any atom is 0.416 e. The van der Waals surface area contributed by atoms with E-state index in [1.165, 1.54) is 18.2 Å². The zero-order chi connectivity index (χ0) is 15.6. The summed E-state index contributed by atoms with van der Waals surface area (Å²) in [6, 6.07) is 6.50. The highest BCUT2D eigenvalue weighted by atomic mass is 32.2. The summed E-state index contributed by atoms with van der Waals surface area (Å²) in [6.07, 6.45) is -4.54. The Morgan fingerprint density at radius 3 is 2.29 bits per heavy atom. The van der Waals surface area contributed by atoms with E-state index in [2.05, 4.69) is 0 Å². The van der Waals surface area contributed by atoms with Crippen molar-refractivity contribution in [3.63, 3.8) is 0 Å². The Labute approximate surface area is 122 Å². The van der Waals surface area contributed by atoms with Gasteiger partial charge in [-0.15, -0.1) is 0 Å². The summed E-state index contributed by atoms with van der Waals surface area (Å²) in [6.45, 7) is -0.245. The van der Waals surface area contributed by atoms with Crippen LogP contribution >= 0.6 is 11.8 Å². The van der Waals surface area contributed by atoms with Crippen LogP contribution in [0.25, 0.3) is 0 Å². The van der Waals surface area contributed by atoms with Gasteiger partial charge >= 0.3 is 6.18 Å². The van der Waals surface area contributed by atoms with Crippen molar-refractivity contribution in [3.05, 3.63) is 59.2 Å². The molecule has 0 aliphatic rings. The molecule has 0 aliphatic heterocycles. The van der Waals surface area contributed by atoms with Gasteiger partial charge in [0.2, 0.25) is 0 Å². The predicted octanol–water partition coefficient (Wildman–Crippen LogP) is 4.59. The number of halogens is 5. The van der Waals surface area contributed by atoms with Gasteiger partial charge in [-0.2, -0.15) is 13.2 Å². The molecule has 0 saturated heterocycles. The summed E-state index contributed by atoms with van der Waals surface area (Å²) < 4.78 is 65.0. The van der Waals surface area contributed by atoms with E-state index < -0.39 is 23.4 Å². The van der Waals surface area contributed by atoms with Crippen molar-refractivity contribution < 1.29 is 22.0 Å². The first-order valence-corrected chi connectivity index (χ1v) is 6.66. The van der Waals surface area contributed by atoms with Gasteiger partial charge in [0.15, 0.2) is 0 Å². The molecule has 2 aromatic rings. The first-order valence-electron chi connectivity index (χ1n) is 5.84. The lowest BCUT2D eigenvalue weighted by Gasteiger charge is -2.13. The van der Waals surface area contributed by atoms with Gasteiger partial charge in [0, 0.05) is 22.4 Å². The molecule has 0 amide bonds. The fourth-order valence-electron chi connectivity index (χ4n) is 1.75. The molecule has 2 N–H and O–H groups in total. The second kappa shape index (κ2) is 6.03. The summed E-state index contributed by atoms with van der Waals surface area (Å²) in [5.41, 5.74) is 4.40. The van der Waals surface area contributed by atoms with Crippen LogP contribution in [0, 0.1) is 11.6 Å². The standard InChI is InChI=1S/C14H10F5NS/c15-9-2-4-13(12(16)5-9)21-10-3-1-8(7-20)11(6-10)14(17,18)19/h1-6H,7,20H2. The molecule has 0 bridgehead atoms. The largest absolute Gasteiger partial charge is 0.416 e. The van der Waals surface area contributed by atoms with Crippen LogP contribution in [0.5, 0.6) is 0 Å². The molecule has 21 heavy (non-hydrogen) atoms. The fourth-order valence-corrected chi connectivity index (χ4v) is 2.61. The van der Waals surface area contributed by atoms with Crippen molar-refractivity contribution in [2.45, 2.75) is 22.5 Å². The van der Waals surface area contributed by atoms with Gasteiger partial charge in [-0.3, -0.25) is 0 Å². The van der Waals surface area contributed by atoms with Crippen LogP contribution in [0.4, 0.5) is 22.0 Å². The van der Waals surface area contributed by atoms with Crippen LogP contribution in [0.2, 0.25) is 0 Å². The lowest BCUT2D eigenvalue weighted by atomic mass is 10.1. The minimum atomic E-state index is -4.54. The monoisotopic (exact) mass is 319 g/mol. The zero-order valence-corrected chi connectivity index (χ0v) is 11.4. The molecule has 0 heterocycles. The normalized spacial score (nSPS) is 11.7. The lowest BCUT2D eigenvalue weighted by Crippen LogP contribution is -2.11. The second-order valence-corrected chi connectivity index (χ2v) is 5.31. The summed E-state index contributed by atoms with van der Waals surface area (Å²) in [7, 11) is 0. The van der Waals surface area contributed by atoms with E-state index in [9.17, 15) is 22.0 Å². The Morgan fingerprint density at radius 1 is 1.00 bits per heavy atom. The Balaban J connectivity index is 2.37. The fraction of sp³-hybridized carbons (Fsp3) is 0.143.